The second-order valence-electron chi connectivity index (χ2n) is 4.76. The number of amides is 2. The number of hydrogen-bond acceptors (Lipinski definition) is 2. The van der Waals surface area contributed by atoms with Crippen molar-refractivity contribution in [3.8, 4) is 11.8 Å². The monoisotopic (exact) mass is 252 g/mol. The number of piperidine rings is 1. The first-order chi connectivity index (χ1) is 8.49. The van der Waals surface area contributed by atoms with Gasteiger partial charge in [0, 0.05) is 26.1 Å². The minimum absolute atomic E-state index is 0.125. The van der Waals surface area contributed by atoms with E-state index >= 15 is 0 Å². The highest BCUT2D eigenvalue weighted by atomic mass is 16.4. The van der Waals surface area contributed by atoms with Gasteiger partial charge >= 0.3 is 12.0 Å². The zero-order valence-electron chi connectivity index (χ0n) is 11.0. The molecule has 0 aromatic carbocycles. The molecule has 0 atom stereocenters. The molecule has 0 spiro atoms. The topological polar surface area (TPSA) is 69.6 Å². The van der Waals surface area contributed by atoms with Gasteiger partial charge in [-0.15, -0.1) is 11.8 Å². The van der Waals surface area contributed by atoms with Crippen LogP contribution in [-0.2, 0) is 4.79 Å². The molecule has 5 nitrogen and oxygen atoms in total. The molecule has 1 rings (SSSR count). The summed E-state index contributed by atoms with van der Waals surface area (Å²) in [6.45, 7) is 5.02. The molecule has 18 heavy (non-hydrogen) atoms. The van der Waals surface area contributed by atoms with Crippen LogP contribution in [0, 0.1) is 17.3 Å². The lowest BCUT2D eigenvalue weighted by Crippen LogP contribution is -2.48. The summed E-state index contributed by atoms with van der Waals surface area (Å²) in [5.74, 6) is 4.86. The number of nitrogens with zero attached hydrogens (tertiary/aromatic N) is 1. The zero-order chi connectivity index (χ0) is 13.6. The second-order valence-corrected chi connectivity index (χ2v) is 4.76. The van der Waals surface area contributed by atoms with Crippen LogP contribution in [0.15, 0.2) is 0 Å². The van der Waals surface area contributed by atoms with Crippen molar-refractivity contribution in [1.29, 1.82) is 0 Å². The lowest BCUT2D eigenvalue weighted by Gasteiger charge is -2.36. The Hall–Kier alpha value is -1.70. The third-order valence-electron chi connectivity index (χ3n) is 3.37. The van der Waals surface area contributed by atoms with Gasteiger partial charge in [-0.1, -0.05) is 0 Å². The normalized spacial score (nSPS) is 17.6. The predicted molar refractivity (Wildman–Crippen MR) is 68.0 cm³/mol. The molecule has 0 aliphatic carbocycles. The number of carboxylic acids is 1. The molecule has 0 unspecified atom stereocenters. The van der Waals surface area contributed by atoms with Crippen LogP contribution in [-0.4, -0.2) is 41.6 Å². The van der Waals surface area contributed by atoms with Crippen LogP contribution in [0.5, 0.6) is 0 Å². The highest BCUT2D eigenvalue weighted by molar-refractivity contribution is 5.76. The van der Waals surface area contributed by atoms with Crippen LogP contribution in [0.3, 0.4) is 0 Å². The Morgan fingerprint density at radius 3 is 2.50 bits per heavy atom. The summed E-state index contributed by atoms with van der Waals surface area (Å²) in [5.41, 5.74) is -0.690. The third kappa shape index (κ3) is 3.66. The van der Waals surface area contributed by atoms with Gasteiger partial charge in [-0.2, -0.15) is 0 Å². The Balaban J connectivity index is 2.35. The largest absolute Gasteiger partial charge is 0.481 e. The number of carbonyl (C=O) groups excluding carboxylic acids is 1. The van der Waals surface area contributed by atoms with Crippen molar-refractivity contribution in [3.63, 3.8) is 0 Å². The average molecular weight is 252 g/mol. The quantitative estimate of drug-likeness (QED) is 0.587. The zero-order valence-corrected chi connectivity index (χ0v) is 11.0. The number of carboxylic acid groups (broad SMARTS) is 1. The van der Waals surface area contributed by atoms with Gasteiger partial charge in [0.2, 0.25) is 0 Å². The summed E-state index contributed by atoms with van der Waals surface area (Å²) in [6, 6.07) is -0.125. The van der Waals surface area contributed by atoms with Gasteiger partial charge in [0.1, 0.15) is 0 Å². The molecule has 0 aromatic heterocycles. The highest BCUT2D eigenvalue weighted by Crippen LogP contribution is 2.30. The molecule has 1 aliphatic heterocycles. The van der Waals surface area contributed by atoms with E-state index in [1.807, 2.05) is 0 Å². The van der Waals surface area contributed by atoms with Gasteiger partial charge in [-0.3, -0.25) is 4.79 Å². The van der Waals surface area contributed by atoms with Crippen LogP contribution in [0.2, 0.25) is 0 Å². The lowest BCUT2D eigenvalue weighted by molar-refractivity contribution is -0.150. The number of aliphatic carboxylic acids is 1. The van der Waals surface area contributed by atoms with Crippen molar-refractivity contribution >= 4 is 12.0 Å². The molecule has 2 N–H and O–H groups in total. The summed E-state index contributed by atoms with van der Waals surface area (Å²) in [6.07, 6.45) is 1.65. The number of carbonyl (C=O) groups is 2. The summed E-state index contributed by atoms with van der Waals surface area (Å²) in [5, 5.41) is 11.9. The van der Waals surface area contributed by atoms with Crippen molar-refractivity contribution in [2.24, 2.45) is 5.41 Å². The molecule has 0 aromatic rings. The van der Waals surface area contributed by atoms with Gasteiger partial charge < -0.3 is 15.3 Å². The van der Waals surface area contributed by atoms with E-state index in [0.717, 1.165) is 0 Å². The van der Waals surface area contributed by atoms with Crippen molar-refractivity contribution < 1.29 is 14.7 Å². The van der Waals surface area contributed by atoms with E-state index in [1.54, 1.807) is 18.7 Å². The molecular formula is C13H20N2O3. The fraction of sp³-hybridized carbons (Fsp3) is 0.692. The first kappa shape index (κ1) is 14.4. The van der Waals surface area contributed by atoms with Crippen LogP contribution in [0.4, 0.5) is 4.79 Å². The first-order valence-electron chi connectivity index (χ1n) is 6.15. The van der Waals surface area contributed by atoms with Crippen LogP contribution >= 0.6 is 0 Å². The van der Waals surface area contributed by atoms with E-state index in [9.17, 15) is 9.59 Å². The minimum atomic E-state index is -0.777. The summed E-state index contributed by atoms with van der Waals surface area (Å²) in [4.78, 5) is 24.5. The predicted octanol–water partition coefficient (Wildman–Crippen LogP) is 1.30. The molecule has 1 heterocycles. The molecule has 1 aliphatic rings. The molecular weight excluding hydrogens is 232 g/mol. The molecule has 0 bridgehead atoms. The van der Waals surface area contributed by atoms with Crippen LogP contribution in [0.1, 0.15) is 33.1 Å². The molecule has 5 heteroatoms. The van der Waals surface area contributed by atoms with E-state index in [-0.39, 0.29) is 6.03 Å². The van der Waals surface area contributed by atoms with E-state index in [1.165, 1.54) is 0 Å². The van der Waals surface area contributed by atoms with E-state index in [2.05, 4.69) is 17.2 Å². The number of rotatable bonds is 3. The van der Waals surface area contributed by atoms with Crippen LogP contribution < -0.4 is 5.32 Å². The SMILES string of the molecule is CC#CCCNC(=O)N1CCC(C)(C(=O)O)CC1. The molecule has 0 radical (unpaired) electrons. The van der Waals surface area contributed by atoms with Gasteiger partial charge in [0.25, 0.3) is 0 Å². The Bertz CT molecular complexity index is 373. The Morgan fingerprint density at radius 2 is 2.00 bits per heavy atom. The standard InChI is InChI=1S/C13H20N2O3/c1-3-4-5-8-14-12(18)15-9-6-13(2,7-10-15)11(16)17/h5-10H2,1-2H3,(H,14,18)(H,16,17). The Morgan fingerprint density at radius 1 is 1.39 bits per heavy atom. The van der Waals surface area contributed by atoms with Gasteiger partial charge in [0.05, 0.1) is 5.41 Å². The molecule has 100 valence electrons. The van der Waals surface area contributed by atoms with Crippen molar-refractivity contribution in [2.45, 2.75) is 33.1 Å². The first-order valence-corrected chi connectivity index (χ1v) is 6.15. The summed E-state index contributed by atoms with van der Waals surface area (Å²) in [7, 11) is 0. The molecule has 2 amide bonds. The summed E-state index contributed by atoms with van der Waals surface area (Å²) < 4.78 is 0. The number of urea groups is 1. The van der Waals surface area contributed by atoms with E-state index in [0.29, 0.717) is 38.9 Å². The molecule has 0 saturated carbocycles. The highest BCUT2D eigenvalue weighted by Gasteiger charge is 2.37. The van der Waals surface area contributed by atoms with Crippen molar-refractivity contribution in [2.75, 3.05) is 19.6 Å². The Labute approximate surface area is 108 Å². The van der Waals surface area contributed by atoms with Crippen molar-refractivity contribution in [3.05, 3.63) is 0 Å². The Kier molecular flexibility index (Phi) is 5.02. The maximum atomic E-state index is 11.8. The number of likely N-dealkylation sites (tertiary alicyclic amines) is 1. The van der Waals surface area contributed by atoms with E-state index < -0.39 is 11.4 Å². The maximum Gasteiger partial charge on any atom is 0.317 e. The second kappa shape index (κ2) is 6.29. The van der Waals surface area contributed by atoms with Gasteiger partial charge in [0.15, 0.2) is 0 Å². The van der Waals surface area contributed by atoms with Crippen LogP contribution in [0.25, 0.3) is 0 Å². The molecule has 1 fully saturated rings. The smallest absolute Gasteiger partial charge is 0.317 e. The van der Waals surface area contributed by atoms with Gasteiger partial charge in [-0.25, -0.2) is 4.79 Å². The average Bonchev–Trinajstić information content (AvgIpc) is 2.35. The number of nitrogens with one attached hydrogen (secondary N) is 1. The maximum absolute atomic E-state index is 11.8. The fourth-order valence-corrected chi connectivity index (χ4v) is 1.89. The third-order valence-corrected chi connectivity index (χ3v) is 3.37. The fourth-order valence-electron chi connectivity index (χ4n) is 1.89. The number of hydrogen-bond donors (Lipinski definition) is 2. The minimum Gasteiger partial charge on any atom is -0.481 e. The lowest BCUT2D eigenvalue weighted by atomic mass is 9.80. The summed E-state index contributed by atoms with van der Waals surface area (Å²) >= 11 is 0. The van der Waals surface area contributed by atoms with E-state index in [4.69, 9.17) is 5.11 Å². The van der Waals surface area contributed by atoms with Gasteiger partial charge in [-0.05, 0) is 26.7 Å². The van der Waals surface area contributed by atoms with Crippen molar-refractivity contribution in [1.82, 2.24) is 10.2 Å². The molecule has 1 saturated heterocycles.